The van der Waals surface area contributed by atoms with Gasteiger partial charge in [0.25, 0.3) is 0 Å². The molecule has 5 heteroatoms. The lowest BCUT2D eigenvalue weighted by molar-refractivity contribution is 0.101. The van der Waals surface area contributed by atoms with Gasteiger partial charge < -0.3 is 14.8 Å². The third-order valence-corrected chi connectivity index (χ3v) is 3.19. The molecular formula is C16H14FNO3. The van der Waals surface area contributed by atoms with Crippen molar-refractivity contribution in [3.05, 3.63) is 47.8 Å². The number of rotatable bonds is 3. The van der Waals surface area contributed by atoms with E-state index in [9.17, 15) is 9.18 Å². The topological polar surface area (TPSA) is 47.6 Å². The van der Waals surface area contributed by atoms with E-state index in [4.69, 9.17) is 9.47 Å². The van der Waals surface area contributed by atoms with Crippen LogP contribution in [0.15, 0.2) is 36.4 Å². The van der Waals surface area contributed by atoms with Crippen molar-refractivity contribution in [3.63, 3.8) is 0 Å². The minimum Gasteiger partial charge on any atom is -0.486 e. The van der Waals surface area contributed by atoms with E-state index in [-0.39, 0.29) is 11.5 Å². The Morgan fingerprint density at radius 1 is 1.10 bits per heavy atom. The number of hydrogen-bond acceptors (Lipinski definition) is 4. The largest absolute Gasteiger partial charge is 0.486 e. The first-order chi connectivity index (χ1) is 10.1. The highest BCUT2D eigenvalue weighted by atomic mass is 19.1. The van der Waals surface area contributed by atoms with Crippen molar-refractivity contribution in [3.8, 4) is 11.5 Å². The van der Waals surface area contributed by atoms with Crippen LogP contribution in [0.1, 0.15) is 17.3 Å². The highest BCUT2D eigenvalue weighted by Gasteiger charge is 2.13. The monoisotopic (exact) mass is 287 g/mol. The molecule has 1 N–H and O–H groups in total. The van der Waals surface area contributed by atoms with Gasteiger partial charge in [0.15, 0.2) is 17.3 Å². The number of Topliss-reactive ketones (excluding diaryl/α,β-unsaturated/α-hetero) is 1. The Morgan fingerprint density at radius 3 is 2.62 bits per heavy atom. The summed E-state index contributed by atoms with van der Waals surface area (Å²) in [4.78, 5) is 11.4. The molecule has 0 aliphatic carbocycles. The van der Waals surface area contributed by atoms with Crippen molar-refractivity contribution in [2.45, 2.75) is 6.92 Å². The summed E-state index contributed by atoms with van der Waals surface area (Å²) in [6.45, 7) is 2.46. The van der Waals surface area contributed by atoms with Crippen molar-refractivity contribution in [1.29, 1.82) is 0 Å². The van der Waals surface area contributed by atoms with Crippen LogP contribution in [-0.2, 0) is 0 Å². The van der Waals surface area contributed by atoms with Gasteiger partial charge in [0.2, 0.25) is 0 Å². The fourth-order valence-electron chi connectivity index (χ4n) is 2.12. The molecule has 4 nitrogen and oxygen atoms in total. The van der Waals surface area contributed by atoms with Crippen molar-refractivity contribution >= 4 is 17.2 Å². The molecule has 21 heavy (non-hydrogen) atoms. The van der Waals surface area contributed by atoms with Crippen LogP contribution in [0.2, 0.25) is 0 Å². The molecule has 0 aromatic heterocycles. The Hall–Kier alpha value is -2.56. The first-order valence-corrected chi connectivity index (χ1v) is 6.60. The predicted molar refractivity (Wildman–Crippen MR) is 77.1 cm³/mol. The molecule has 0 saturated heterocycles. The first-order valence-electron chi connectivity index (χ1n) is 6.60. The van der Waals surface area contributed by atoms with Crippen LogP contribution in [0.4, 0.5) is 15.8 Å². The second-order valence-electron chi connectivity index (χ2n) is 4.73. The Labute approximate surface area is 121 Å². The van der Waals surface area contributed by atoms with Gasteiger partial charge in [-0.15, -0.1) is 0 Å². The summed E-state index contributed by atoms with van der Waals surface area (Å²) in [6.07, 6.45) is 0. The van der Waals surface area contributed by atoms with Gasteiger partial charge in [0.1, 0.15) is 19.0 Å². The number of anilines is 2. The molecule has 0 fully saturated rings. The zero-order chi connectivity index (χ0) is 14.8. The molecule has 0 spiro atoms. The normalized spacial score (nSPS) is 12.9. The Balaban J connectivity index is 1.89. The van der Waals surface area contributed by atoms with Crippen LogP contribution in [0.5, 0.6) is 11.5 Å². The van der Waals surface area contributed by atoms with Crippen LogP contribution in [0, 0.1) is 5.82 Å². The van der Waals surface area contributed by atoms with Crippen LogP contribution in [0.3, 0.4) is 0 Å². The lowest BCUT2D eigenvalue weighted by Crippen LogP contribution is -2.15. The number of halogens is 1. The molecule has 1 aliphatic heterocycles. The van der Waals surface area contributed by atoms with Crippen molar-refractivity contribution in [2.24, 2.45) is 0 Å². The second-order valence-corrected chi connectivity index (χ2v) is 4.73. The molecule has 0 unspecified atom stereocenters. The van der Waals surface area contributed by atoms with Crippen molar-refractivity contribution in [2.75, 3.05) is 18.5 Å². The minimum atomic E-state index is -0.421. The molecule has 0 amide bonds. The van der Waals surface area contributed by atoms with Crippen molar-refractivity contribution in [1.82, 2.24) is 0 Å². The summed E-state index contributed by atoms with van der Waals surface area (Å²) in [5, 5.41) is 2.95. The van der Waals surface area contributed by atoms with Crippen LogP contribution >= 0.6 is 0 Å². The van der Waals surface area contributed by atoms with Crippen LogP contribution in [-0.4, -0.2) is 19.0 Å². The van der Waals surface area contributed by atoms with E-state index in [1.165, 1.54) is 25.1 Å². The maximum absolute atomic E-state index is 13.8. The summed E-state index contributed by atoms with van der Waals surface area (Å²) in [5.41, 5.74) is 1.37. The van der Waals surface area contributed by atoms with Gasteiger partial charge in [0.05, 0.1) is 5.69 Å². The molecule has 0 radical (unpaired) electrons. The van der Waals surface area contributed by atoms with Gasteiger partial charge in [-0.2, -0.15) is 0 Å². The predicted octanol–water partition coefficient (Wildman–Crippen LogP) is 3.54. The number of nitrogens with one attached hydrogen (secondary N) is 1. The number of ketones is 1. The number of ether oxygens (including phenoxy) is 2. The Bertz CT molecular complexity index is 700. The molecule has 2 aromatic rings. The van der Waals surface area contributed by atoms with Crippen LogP contribution < -0.4 is 14.8 Å². The van der Waals surface area contributed by atoms with E-state index in [0.717, 1.165) is 0 Å². The molecule has 2 aromatic carbocycles. The highest BCUT2D eigenvalue weighted by Crippen LogP contribution is 2.34. The molecule has 0 atom stereocenters. The lowest BCUT2D eigenvalue weighted by atomic mass is 10.1. The van der Waals surface area contributed by atoms with E-state index in [1.807, 2.05) is 0 Å². The smallest absolute Gasteiger partial charge is 0.163 e. The first kappa shape index (κ1) is 13.4. The molecule has 0 saturated carbocycles. The van der Waals surface area contributed by atoms with Crippen molar-refractivity contribution < 1.29 is 18.7 Å². The molecule has 1 heterocycles. The lowest BCUT2D eigenvalue weighted by Gasteiger charge is -2.19. The quantitative estimate of drug-likeness (QED) is 0.877. The number of benzene rings is 2. The number of fused-ring (bicyclic) bond motifs is 1. The molecule has 1 aliphatic rings. The van der Waals surface area contributed by atoms with E-state index in [0.29, 0.717) is 36.0 Å². The van der Waals surface area contributed by atoms with Gasteiger partial charge >= 0.3 is 0 Å². The highest BCUT2D eigenvalue weighted by molar-refractivity contribution is 5.95. The average Bonchev–Trinajstić information content (AvgIpc) is 2.49. The summed E-state index contributed by atoms with van der Waals surface area (Å²) in [6, 6.07) is 9.52. The van der Waals surface area contributed by atoms with Crippen LogP contribution in [0.25, 0.3) is 0 Å². The van der Waals surface area contributed by atoms with Gasteiger partial charge in [0, 0.05) is 17.3 Å². The van der Waals surface area contributed by atoms with Gasteiger partial charge in [-0.25, -0.2) is 4.39 Å². The SMILES string of the molecule is CC(=O)c1ccc(F)c(Nc2ccc3c(c2)OCCO3)c1. The van der Waals surface area contributed by atoms with E-state index >= 15 is 0 Å². The Kier molecular flexibility index (Phi) is 3.48. The third kappa shape index (κ3) is 2.81. The minimum absolute atomic E-state index is 0.111. The Morgan fingerprint density at radius 2 is 1.86 bits per heavy atom. The third-order valence-electron chi connectivity index (χ3n) is 3.19. The summed E-state index contributed by atoms with van der Waals surface area (Å²) in [5.74, 6) is 0.759. The van der Waals surface area contributed by atoms with Gasteiger partial charge in [-0.05, 0) is 37.3 Å². The summed E-state index contributed by atoms with van der Waals surface area (Å²) < 4.78 is 24.7. The molecule has 0 bridgehead atoms. The maximum Gasteiger partial charge on any atom is 0.163 e. The molecule has 3 rings (SSSR count). The van der Waals surface area contributed by atoms with E-state index < -0.39 is 5.82 Å². The number of carbonyl (C=O) groups excluding carboxylic acids is 1. The average molecular weight is 287 g/mol. The van der Waals surface area contributed by atoms with Gasteiger partial charge in [-0.1, -0.05) is 0 Å². The number of hydrogen-bond donors (Lipinski definition) is 1. The maximum atomic E-state index is 13.8. The van der Waals surface area contributed by atoms with Gasteiger partial charge in [-0.3, -0.25) is 4.79 Å². The fourth-order valence-corrected chi connectivity index (χ4v) is 2.12. The zero-order valence-electron chi connectivity index (χ0n) is 11.5. The summed E-state index contributed by atoms with van der Waals surface area (Å²) >= 11 is 0. The molecular weight excluding hydrogens is 273 g/mol. The van der Waals surface area contributed by atoms with E-state index in [2.05, 4.69) is 5.32 Å². The summed E-state index contributed by atoms with van der Waals surface area (Å²) in [7, 11) is 0. The fraction of sp³-hybridized carbons (Fsp3) is 0.188. The van der Waals surface area contributed by atoms with E-state index in [1.54, 1.807) is 18.2 Å². The number of carbonyl (C=O) groups is 1. The second kappa shape index (κ2) is 5.44. The standard InChI is InChI=1S/C16H14FNO3/c1-10(19)11-2-4-13(17)14(8-11)18-12-3-5-15-16(9-12)21-7-6-20-15/h2-5,8-9,18H,6-7H2,1H3. The molecule has 108 valence electrons. The zero-order valence-corrected chi connectivity index (χ0v) is 11.5.